The molecular formula is C11H13NO. The average Bonchev–Trinajstić information content (AvgIpc) is 2.47. The molecule has 0 bridgehead atoms. The molecule has 1 aromatic rings. The molecule has 0 aromatic heterocycles. The second kappa shape index (κ2) is 2.96. The third-order valence-electron chi connectivity index (χ3n) is 2.67. The molecule has 0 spiro atoms. The zero-order valence-corrected chi connectivity index (χ0v) is 7.71. The second-order valence-electron chi connectivity index (χ2n) is 3.61. The molecule has 2 nitrogen and oxygen atoms in total. The highest BCUT2D eigenvalue weighted by atomic mass is 16.1. The number of carbonyl (C=O) groups is 1. The van der Waals surface area contributed by atoms with E-state index >= 15 is 0 Å². The number of carbonyl (C=O) groups excluding carboxylic acids is 1. The lowest BCUT2D eigenvalue weighted by atomic mass is 10.0. The summed E-state index contributed by atoms with van der Waals surface area (Å²) in [6, 6.07) is 6.01. The van der Waals surface area contributed by atoms with Crippen LogP contribution in [0.15, 0.2) is 18.2 Å². The Morgan fingerprint density at radius 1 is 1.54 bits per heavy atom. The summed E-state index contributed by atoms with van der Waals surface area (Å²) >= 11 is 0. The molecule has 13 heavy (non-hydrogen) atoms. The highest BCUT2D eigenvalue weighted by molar-refractivity contribution is 5.94. The van der Waals surface area contributed by atoms with Crippen LogP contribution in [0.3, 0.4) is 0 Å². The van der Waals surface area contributed by atoms with Crippen molar-refractivity contribution >= 4 is 5.78 Å². The largest absolute Gasteiger partial charge is 0.324 e. The Morgan fingerprint density at radius 2 is 2.31 bits per heavy atom. The summed E-state index contributed by atoms with van der Waals surface area (Å²) in [4.78, 5) is 11.1. The summed E-state index contributed by atoms with van der Waals surface area (Å²) in [5, 5.41) is 0. The van der Waals surface area contributed by atoms with E-state index in [0.717, 1.165) is 18.4 Å². The van der Waals surface area contributed by atoms with Gasteiger partial charge in [0, 0.05) is 11.6 Å². The fourth-order valence-electron chi connectivity index (χ4n) is 1.87. The monoisotopic (exact) mass is 175 g/mol. The Balaban J connectivity index is 2.45. The van der Waals surface area contributed by atoms with E-state index in [-0.39, 0.29) is 11.8 Å². The maximum Gasteiger partial charge on any atom is 0.159 e. The van der Waals surface area contributed by atoms with E-state index in [9.17, 15) is 4.79 Å². The molecule has 2 N–H and O–H groups in total. The van der Waals surface area contributed by atoms with Crippen LogP contribution in [0, 0.1) is 0 Å². The predicted molar refractivity (Wildman–Crippen MR) is 51.7 cm³/mol. The van der Waals surface area contributed by atoms with Crippen molar-refractivity contribution in [2.24, 2.45) is 5.73 Å². The molecule has 1 atom stereocenters. The normalized spacial score (nSPS) is 20.0. The van der Waals surface area contributed by atoms with Gasteiger partial charge in [-0.15, -0.1) is 0 Å². The molecule has 0 saturated carbocycles. The third-order valence-corrected chi connectivity index (χ3v) is 2.67. The molecule has 2 heteroatoms. The van der Waals surface area contributed by atoms with Gasteiger partial charge in [-0.1, -0.05) is 12.1 Å². The smallest absolute Gasteiger partial charge is 0.159 e. The Bertz CT molecular complexity index is 357. The van der Waals surface area contributed by atoms with Crippen LogP contribution in [0.5, 0.6) is 0 Å². The number of fused-ring (bicyclic) bond motifs is 1. The van der Waals surface area contributed by atoms with E-state index in [1.165, 1.54) is 11.1 Å². The first-order valence-corrected chi connectivity index (χ1v) is 4.58. The van der Waals surface area contributed by atoms with Crippen LogP contribution in [-0.2, 0) is 6.42 Å². The number of rotatable bonds is 1. The van der Waals surface area contributed by atoms with Gasteiger partial charge in [-0.05, 0) is 37.0 Å². The van der Waals surface area contributed by atoms with Gasteiger partial charge < -0.3 is 5.73 Å². The number of ketones is 1. The van der Waals surface area contributed by atoms with Gasteiger partial charge in [0.2, 0.25) is 0 Å². The number of hydrogen-bond acceptors (Lipinski definition) is 2. The van der Waals surface area contributed by atoms with Crippen molar-refractivity contribution in [1.82, 2.24) is 0 Å². The lowest BCUT2D eigenvalue weighted by Gasteiger charge is -2.04. The quantitative estimate of drug-likeness (QED) is 0.662. The second-order valence-corrected chi connectivity index (χ2v) is 3.61. The van der Waals surface area contributed by atoms with E-state index in [1.807, 2.05) is 18.2 Å². The van der Waals surface area contributed by atoms with Gasteiger partial charge in [-0.25, -0.2) is 0 Å². The Hall–Kier alpha value is -1.15. The van der Waals surface area contributed by atoms with E-state index in [0.29, 0.717) is 0 Å². The van der Waals surface area contributed by atoms with Crippen LogP contribution in [0.2, 0.25) is 0 Å². The van der Waals surface area contributed by atoms with Crippen LogP contribution in [0.1, 0.15) is 40.9 Å². The van der Waals surface area contributed by atoms with Crippen molar-refractivity contribution < 1.29 is 4.79 Å². The maximum absolute atomic E-state index is 11.1. The third kappa shape index (κ3) is 1.38. The summed E-state index contributed by atoms with van der Waals surface area (Å²) < 4.78 is 0. The van der Waals surface area contributed by atoms with Crippen LogP contribution in [0.4, 0.5) is 0 Å². The lowest BCUT2D eigenvalue weighted by Crippen LogP contribution is -2.05. The highest BCUT2D eigenvalue weighted by Crippen LogP contribution is 2.29. The van der Waals surface area contributed by atoms with Crippen LogP contribution < -0.4 is 5.73 Å². The summed E-state index contributed by atoms with van der Waals surface area (Å²) in [5.74, 6) is 0.128. The standard InChI is InChI=1S/C11H13NO/c1-7(13)8-2-4-10-9(6-8)3-5-11(10)12/h2,4,6,11H,3,5,12H2,1H3/t11-/m0/s1. The molecule has 68 valence electrons. The first-order valence-electron chi connectivity index (χ1n) is 4.58. The maximum atomic E-state index is 11.1. The topological polar surface area (TPSA) is 43.1 Å². The first kappa shape index (κ1) is 8.45. The molecule has 0 heterocycles. The fraction of sp³-hybridized carbons (Fsp3) is 0.364. The minimum absolute atomic E-state index is 0.128. The van der Waals surface area contributed by atoms with E-state index in [4.69, 9.17) is 5.73 Å². The molecule has 0 aliphatic heterocycles. The Labute approximate surface area is 77.8 Å². The van der Waals surface area contributed by atoms with E-state index in [1.54, 1.807) is 6.92 Å². The molecule has 1 aliphatic rings. The molecule has 1 aliphatic carbocycles. The van der Waals surface area contributed by atoms with Crippen molar-refractivity contribution in [2.75, 3.05) is 0 Å². The Morgan fingerprint density at radius 3 is 3.00 bits per heavy atom. The minimum atomic E-state index is 0.128. The van der Waals surface area contributed by atoms with Gasteiger partial charge in [-0.2, -0.15) is 0 Å². The molecule has 0 radical (unpaired) electrons. The SMILES string of the molecule is CC(=O)c1ccc2c(c1)CC[C@@H]2N. The molecule has 0 unspecified atom stereocenters. The number of nitrogens with two attached hydrogens (primary N) is 1. The van der Waals surface area contributed by atoms with Gasteiger partial charge >= 0.3 is 0 Å². The molecular weight excluding hydrogens is 162 g/mol. The van der Waals surface area contributed by atoms with Crippen molar-refractivity contribution in [3.8, 4) is 0 Å². The molecule has 1 aromatic carbocycles. The van der Waals surface area contributed by atoms with Gasteiger partial charge in [0.15, 0.2) is 5.78 Å². The number of benzene rings is 1. The van der Waals surface area contributed by atoms with Crippen molar-refractivity contribution in [2.45, 2.75) is 25.8 Å². The molecule has 0 saturated heterocycles. The first-order chi connectivity index (χ1) is 6.18. The highest BCUT2D eigenvalue weighted by Gasteiger charge is 2.19. The zero-order chi connectivity index (χ0) is 9.42. The van der Waals surface area contributed by atoms with Crippen LogP contribution in [0.25, 0.3) is 0 Å². The van der Waals surface area contributed by atoms with E-state index < -0.39 is 0 Å². The molecule has 0 fully saturated rings. The van der Waals surface area contributed by atoms with Gasteiger partial charge in [-0.3, -0.25) is 4.79 Å². The number of hydrogen-bond donors (Lipinski definition) is 1. The van der Waals surface area contributed by atoms with Crippen molar-refractivity contribution in [1.29, 1.82) is 0 Å². The van der Waals surface area contributed by atoms with Gasteiger partial charge in [0.05, 0.1) is 0 Å². The average molecular weight is 175 g/mol. The summed E-state index contributed by atoms with van der Waals surface area (Å²) in [7, 11) is 0. The zero-order valence-electron chi connectivity index (χ0n) is 7.71. The minimum Gasteiger partial charge on any atom is -0.324 e. The fourth-order valence-corrected chi connectivity index (χ4v) is 1.87. The van der Waals surface area contributed by atoms with Crippen molar-refractivity contribution in [3.63, 3.8) is 0 Å². The van der Waals surface area contributed by atoms with Crippen LogP contribution in [-0.4, -0.2) is 5.78 Å². The van der Waals surface area contributed by atoms with Crippen molar-refractivity contribution in [3.05, 3.63) is 34.9 Å². The molecule has 0 amide bonds. The predicted octanol–water partition coefficient (Wildman–Crippen LogP) is 1.84. The molecule has 2 rings (SSSR count). The van der Waals surface area contributed by atoms with E-state index in [2.05, 4.69) is 0 Å². The lowest BCUT2D eigenvalue weighted by molar-refractivity contribution is 0.101. The number of Topliss-reactive ketones (excluding diaryl/α,β-unsaturated/α-hetero) is 1. The Kier molecular flexibility index (Phi) is 1.93. The summed E-state index contributed by atoms with van der Waals surface area (Å²) in [5.41, 5.74) is 9.15. The van der Waals surface area contributed by atoms with Gasteiger partial charge in [0.25, 0.3) is 0 Å². The summed E-state index contributed by atoms with van der Waals surface area (Å²) in [6.07, 6.45) is 2.02. The van der Waals surface area contributed by atoms with Gasteiger partial charge in [0.1, 0.15) is 0 Å². The summed E-state index contributed by atoms with van der Waals surface area (Å²) in [6.45, 7) is 1.59. The number of aryl methyl sites for hydroxylation is 1. The van der Waals surface area contributed by atoms with Crippen LogP contribution >= 0.6 is 0 Å².